The van der Waals surface area contributed by atoms with Gasteiger partial charge in [-0.15, -0.1) is 0 Å². The molecule has 2 rings (SSSR count). The van der Waals surface area contributed by atoms with Crippen molar-refractivity contribution in [3.05, 3.63) is 29.6 Å². The fourth-order valence-electron chi connectivity index (χ4n) is 2.16. The molecular weight excluding hydrogens is 292 g/mol. The highest BCUT2D eigenvalue weighted by Crippen LogP contribution is 2.06. The number of hydrogen-bond donors (Lipinski definition) is 3. The second-order valence-electron chi connectivity index (χ2n) is 5.13. The molecule has 1 aromatic heterocycles. The minimum Gasteiger partial charge on any atom is -0.349 e. The maximum absolute atomic E-state index is 12.2. The number of pyridine rings is 1. The van der Waals surface area contributed by atoms with Gasteiger partial charge in [-0.05, 0) is 38.1 Å². The molecular formula is C13H20N4O3S. The first-order valence-electron chi connectivity index (χ1n) is 6.85. The Morgan fingerprint density at radius 1 is 1.43 bits per heavy atom. The lowest BCUT2D eigenvalue weighted by Crippen LogP contribution is -2.42. The molecule has 2 heterocycles. The molecule has 0 aromatic carbocycles. The third-order valence-electron chi connectivity index (χ3n) is 3.27. The van der Waals surface area contributed by atoms with Gasteiger partial charge in [0.25, 0.3) is 5.91 Å². The van der Waals surface area contributed by atoms with Crippen LogP contribution in [0.2, 0.25) is 0 Å². The number of carbonyl (C=O) groups excluding carboxylic acids is 1. The van der Waals surface area contributed by atoms with Gasteiger partial charge in [-0.25, -0.2) is 13.1 Å². The van der Waals surface area contributed by atoms with Crippen LogP contribution in [0, 0.1) is 0 Å². The fourth-order valence-corrected chi connectivity index (χ4v) is 2.57. The third kappa shape index (κ3) is 5.41. The SMILES string of the molecule is CS(=O)(=O)NCc1cc(C(=O)NC2CCNCC2)ccn1. The number of nitrogens with one attached hydrogen (secondary N) is 3. The Balaban J connectivity index is 1.97. The van der Waals surface area contributed by atoms with Crippen molar-refractivity contribution < 1.29 is 13.2 Å². The first-order valence-corrected chi connectivity index (χ1v) is 8.74. The molecule has 0 radical (unpaired) electrons. The first kappa shape index (κ1) is 15.9. The second-order valence-corrected chi connectivity index (χ2v) is 6.96. The van der Waals surface area contributed by atoms with Crippen LogP contribution in [0.1, 0.15) is 28.9 Å². The minimum absolute atomic E-state index is 0.0767. The quantitative estimate of drug-likeness (QED) is 0.688. The largest absolute Gasteiger partial charge is 0.349 e. The van der Waals surface area contributed by atoms with Gasteiger partial charge in [-0.1, -0.05) is 0 Å². The van der Waals surface area contributed by atoms with Crippen molar-refractivity contribution in [3.8, 4) is 0 Å². The van der Waals surface area contributed by atoms with Crippen molar-refractivity contribution in [2.24, 2.45) is 0 Å². The van der Waals surface area contributed by atoms with E-state index < -0.39 is 10.0 Å². The Bertz CT molecular complexity index is 597. The average molecular weight is 312 g/mol. The Morgan fingerprint density at radius 3 is 2.81 bits per heavy atom. The Labute approximate surface area is 124 Å². The molecule has 0 atom stereocenters. The van der Waals surface area contributed by atoms with E-state index in [4.69, 9.17) is 0 Å². The summed E-state index contributed by atoms with van der Waals surface area (Å²) in [5.74, 6) is -0.148. The molecule has 1 amide bonds. The summed E-state index contributed by atoms with van der Waals surface area (Å²) in [5.41, 5.74) is 1.01. The zero-order valence-corrected chi connectivity index (χ0v) is 12.7. The van der Waals surface area contributed by atoms with E-state index in [1.807, 2.05) is 0 Å². The van der Waals surface area contributed by atoms with Crippen LogP contribution >= 0.6 is 0 Å². The van der Waals surface area contributed by atoms with Crippen LogP contribution in [0.5, 0.6) is 0 Å². The number of piperidine rings is 1. The predicted molar refractivity (Wildman–Crippen MR) is 79.3 cm³/mol. The van der Waals surface area contributed by atoms with Crippen LogP contribution in [0.15, 0.2) is 18.3 Å². The van der Waals surface area contributed by atoms with Gasteiger partial charge in [0.05, 0.1) is 18.5 Å². The summed E-state index contributed by atoms with van der Waals surface area (Å²) in [6.45, 7) is 1.89. The van der Waals surface area contributed by atoms with E-state index in [0.29, 0.717) is 11.3 Å². The summed E-state index contributed by atoms with van der Waals surface area (Å²) in [6.07, 6.45) is 4.43. The molecule has 21 heavy (non-hydrogen) atoms. The molecule has 1 aliphatic rings. The third-order valence-corrected chi connectivity index (χ3v) is 3.94. The zero-order valence-electron chi connectivity index (χ0n) is 11.9. The number of aromatic nitrogens is 1. The van der Waals surface area contributed by atoms with E-state index in [-0.39, 0.29) is 18.5 Å². The highest BCUT2D eigenvalue weighted by molar-refractivity contribution is 7.88. The molecule has 8 heteroatoms. The molecule has 1 saturated heterocycles. The lowest BCUT2D eigenvalue weighted by atomic mass is 10.1. The summed E-state index contributed by atoms with van der Waals surface area (Å²) in [7, 11) is -3.28. The van der Waals surface area contributed by atoms with Crippen LogP contribution in [0.3, 0.4) is 0 Å². The van der Waals surface area contributed by atoms with Gasteiger partial charge >= 0.3 is 0 Å². The summed E-state index contributed by atoms with van der Waals surface area (Å²) in [5, 5.41) is 6.23. The van der Waals surface area contributed by atoms with Crippen LogP contribution in [0.4, 0.5) is 0 Å². The summed E-state index contributed by atoms with van der Waals surface area (Å²) in [4.78, 5) is 16.2. The van der Waals surface area contributed by atoms with Gasteiger partial charge in [-0.3, -0.25) is 9.78 Å². The molecule has 3 N–H and O–H groups in total. The number of amides is 1. The molecule has 0 aliphatic carbocycles. The van der Waals surface area contributed by atoms with Crippen molar-refractivity contribution >= 4 is 15.9 Å². The number of sulfonamides is 1. The van der Waals surface area contributed by atoms with Gasteiger partial charge in [-0.2, -0.15) is 0 Å². The van der Waals surface area contributed by atoms with Crippen molar-refractivity contribution in [3.63, 3.8) is 0 Å². The second kappa shape index (κ2) is 6.97. The fraction of sp³-hybridized carbons (Fsp3) is 0.538. The normalized spacial score (nSPS) is 16.6. The van der Waals surface area contributed by atoms with E-state index >= 15 is 0 Å². The van der Waals surface area contributed by atoms with Crippen LogP contribution in [0.25, 0.3) is 0 Å². The van der Waals surface area contributed by atoms with E-state index in [9.17, 15) is 13.2 Å². The topological polar surface area (TPSA) is 100 Å². The summed E-state index contributed by atoms with van der Waals surface area (Å²) < 4.78 is 24.5. The van der Waals surface area contributed by atoms with Crippen LogP contribution < -0.4 is 15.4 Å². The van der Waals surface area contributed by atoms with Crippen LogP contribution in [-0.2, 0) is 16.6 Å². The van der Waals surface area contributed by atoms with Crippen molar-refractivity contribution in [2.45, 2.75) is 25.4 Å². The lowest BCUT2D eigenvalue weighted by molar-refractivity contribution is 0.0929. The zero-order chi connectivity index (χ0) is 15.3. The Morgan fingerprint density at radius 2 is 2.14 bits per heavy atom. The molecule has 1 fully saturated rings. The monoisotopic (exact) mass is 312 g/mol. The van der Waals surface area contributed by atoms with Crippen molar-refractivity contribution in [1.29, 1.82) is 0 Å². The maximum atomic E-state index is 12.2. The van der Waals surface area contributed by atoms with Crippen LogP contribution in [-0.4, -0.2) is 44.7 Å². The van der Waals surface area contributed by atoms with Crippen molar-refractivity contribution in [1.82, 2.24) is 20.3 Å². The molecule has 116 valence electrons. The summed E-state index contributed by atoms with van der Waals surface area (Å²) in [6, 6.07) is 3.42. The molecule has 0 bridgehead atoms. The van der Waals surface area contributed by atoms with E-state index in [1.54, 1.807) is 12.1 Å². The number of carbonyl (C=O) groups is 1. The standard InChI is InChI=1S/C13H20N4O3S/c1-21(19,20)16-9-12-8-10(2-7-15-12)13(18)17-11-3-5-14-6-4-11/h2,7-8,11,14,16H,3-6,9H2,1H3,(H,17,18). The summed E-state index contributed by atoms with van der Waals surface area (Å²) >= 11 is 0. The van der Waals surface area contributed by atoms with Gasteiger partial charge in [0.15, 0.2) is 0 Å². The van der Waals surface area contributed by atoms with E-state index in [1.165, 1.54) is 6.20 Å². The van der Waals surface area contributed by atoms with Gasteiger partial charge in [0, 0.05) is 17.8 Å². The first-order chi connectivity index (χ1) is 9.94. The molecule has 7 nitrogen and oxygen atoms in total. The van der Waals surface area contributed by atoms with Crippen molar-refractivity contribution in [2.75, 3.05) is 19.3 Å². The Hall–Kier alpha value is -1.51. The highest BCUT2D eigenvalue weighted by atomic mass is 32.2. The smallest absolute Gasteiger partial charge is 0.251 e. The highest BCUT2D eigenvalue weighted by Gasteiger charge is 2.16. The minimum atomic E-state index is -3.28. The lowest BCUT2D eigenvalue weighted by Gasteiger charge is -2.23. The molecule has 1 aromatic rings. The van der Waals surface area contributed by atoms with E-state index in [0.717, 1.165) is 32.2 Å². The average Bonchev–Trinajstić information content (AvgIpc) is 2.46. The Kier molecular flexibility index (Phi) is 5.27. The molecule has 0 spiro atoms. The number of hydrogen-bond acceptors (Lipinski definition) is 5. The molecule has 0 unspecified atom stereocenters. The van der Waals surface area contributed by atoms with Gasteiger partial charge in [0.1, 0.15) is 0 Å². The predicted octanol–water partition coefficient (Wildman–Crippen LogP) is -0.387. The number of nitrogens with zero attached hydrogens (tertiary/aromatic N) is 1. The van der Waals surface area contributed by atoms with Gasteiger partial charge in [0.2, 0.25) is 10.0 Å². The number of rotatable bonds is 5. The maximum Gasteiger partial charge on any atom is 0.251 e. The molecule has 1 aliphatic heterocycles. The molecule has 0 saturated carbocycles. The van der Waals surface area contributed by atoms with E-state index in [2.05, 4.69) is 20.3 Å². The van der Waals surface area contributed by atoms with Gasteiger partial charge < -0.3 is 10.6 Å².